The van der Waals surface area contributed by atoms with Gasteiger partial charge in [0.25, 0.3) is 0 Å². The molecule has 100 valence electrons. The van der Waals surface area contributed by atoms with Gasteiger partial charge in [-0.25, -0.2) is 9.18 Å². The number of rotatable bonds is 3. The van der Waals surface area contributed by atoms with Crippen molar-refractivity contribution in [3.05, 3.63) is 53.3 Å². The first-order valence-corrected chi connectivity index (χ1v) is 5.51. The number of carboxylic acid groups (broad SMARTS) is 1. The molecule has 3 N–H and O–H groups in total. The van der Waals surface area contributed by atoms with E-state index in [0.717, 1.165) is 12.1 Å². The third kappa shape index (κ3) is 2.67. The molecule has 5 nitrogen and oxygen atoms in total. The van der Waals surface area contributed by atoms with Crippen LogP contribution in [0.3, 0.4) is 0 Å². The topological polar surface area (TPSA) is 96.3 Å². The minimum Gasteiger partial charge on any atom is -0.478 e. The summed E-state index contributed by atoms with van der Waals surface area (Å²) in [5, 5.41) is 17.7. The molecule has 2 rings (SSSR count). The molecule has 0 radical (unpaired) electrons. The third-order valence-electron chi connectivity index (χ3n) is 2.53. The molecule has 0 fully saturated rings. The summed E-state index contributed by atoms with van der Waals surface area (Å²) in [6, 6.07) is 9.88. The van der Waals surface area contributed by atoms with Crippen molar-refractivity contribution in [2.45, 2.75) is 0 Å². The predicted molar refractivity (Wildman–Crippen MR) is 69.0 cm³/mol. The quantitative estimate of drug-likeness (QED) is 0.837. The third-order valence-corrected chi connectivity index (χ3v) is 2.53. The van der Waals surface area contributed by atoms with Crippen LogP contribution in [-0.2, 0) is 0 Å². The van der Waals surface area contributed by atoms with E-state index in [1.165, 1.54) is 12.1 Å². The van der Waals surface area contributed by atoms with Crippen molar-refractivity contribution in [2.75, 3.05) is 5.73 Å². The Hall–Kier alpha value is -3.07. The average Bonchev–Trinajstić information content (AvgIpc) is 2.41. The summed E-state index contributed by atoms with van der Waals surface area (Å²) >= 11 is 0. The van der Waals surface area contributed by atoms with E-state index in [9.17, 15) is 9.18 Å². The SMILES string of the molecule is N#Cc1cccc(Oc2cc(C(=O)O)c(N)cc2F)c1. The molecular weight excluding hydrogens is 263 g/mol. The Kier molecular flexibility index (Phi) is 3.53. The van der Waals surface area contributed by atoms with Crippen molar-refractivity contribution >= 4 is 11.7 Å². The van der Waals surface area contributed by atoms with E-state index in [-0.39, 0.29) is 22.7 Å². The Bertz CT molecular complexity index is 723. The fraction of sp³-hybridized carbons (Fsp3) is 0. The first-order valence-electron chi connectivity index (χ1n) is 5.51. The molecule has 0 heterocycles. The molecule has 0 saturated heterocycles. The molecule has 0 bridgehead atoms. The molecule has 0 spiro atoms. The van der Waals surface area contributed by atoms with Crippen molar-refractivity contribution in [1.82, 2.24) is 0 Å². The largest absolute Gasteiger partial charge is 0.478 e. The summed E-state index contributed by atoms with van der Waals surface area (Å²) < 4.78 is 19.0. The van der Waals surface area contributed by atoms with Gasteiger partial charge >= 0.3 is 5.97 Å². The van der Waals surface area contributed by atoms with Gasteiger partial charge in [0.2, 0.25) is 0 Å². The van der Waals surface area contributed by atoms with Crippen molar-refractivity contribution in [3.8, 4) is 17.6 Å². The summed E-state index contributed by atoms with van der Waals surface area (Å²) in [7, 11) is 0. The Balaban J connectivity index is 2.40. The van der Waals surface area contributed by atoms with Crippen LogP contribution in [0.25, 0.3) is 0 Å². The van der Waals surface area contributed by atoms with Crippen LogP contribution in [0.5, 0.6) is 11.5 Å². The minimum absolute atomic E-state index is 0.187. The lowest BCUT2D eigenvalue weighted by Crippen LogP contribution is -2.04. The number of hydrogen-bond donors (Lipinski definition) is 2. The zero-order valence-electron chi connectivity index (χ0n) is 10.1. The average molecular weight is 272 g/mol. The molecule has 0 saturated carbocycles. The van der Waals surface area contributed by atoms with E-state index in [0.29, 0.717) is 5.56 Å². The van der Waals surface area contributed by atoms with Crippen molar-refractivity contribution < 1.29 is 19.0 Å². The molecular formula is C14H9FN2O3. The van der Waals surface area contributed by atoms with E-state index >= 15 is 0 Å². The monoisotopic (exact) mass is 272 g/mol. The summed E-state index contributed by atoms with van der Waals surface area (Å²) in [5.41, 5.74) is 5.32. The maximum atomic E-state index is 13.7. The van der Waals surface area contributed by atoms with Crippen LogP contribution < -0.4 is 10.5 Å². The number of benzene rings is 2. The molecule has 0 unspecified atom stereocenters. The number of ether oxygens (including phenoxy) is 1. The molecule has 0 aliphatic carbocycles. The van der Waals surface area contributed by atoms with Crippen LogP contribution in [0.1, 0.15) is 15.9 Å². The summed E-state index contributed by atoms with van der Waals surface area (Å²) in [6.07, 6.45) is 0. The number of nitrogens with two attached hydrogens (primary N) is 1. The number of nitrogens with zero attached hydrogens (tertiary/aromatic N) is 1. The van der Waals surface area contributed by atoms with Crippen molar-refractivity contribution in [1.29, 1.82) is 5.26 Å². The first kappa shape index (κ1) is 13.4. The van der Waals surface area contributed by atoms with Gasteiger partial charge in [0.15, 0.2) is 11.6 Å². The van der Waals surface area contributed by atoms with Crippen LogP contribution >= 0.6 is 0 Å². The molecule has 6 heteroatoms. The molecule has 2 aromatic carbocycles. The summed E-state index contributed by atoms with van der Waals surface area (Å²) in [6.45, 7) is 0. The van der Waals surface area contributed by atoms with Gasteiger partial charge in [-0.2, -0.15) is 5.26 Å². The predicted octanol–water partition coefficient (Wildman–Crippen LogP) is 2.77. The number of nitriles is 1. The number of nitrogen functional groups attached to an aromatic ring is 1. The van der Waals surface area contributed by atoms with E-state index in [1.54, 1.807) is 12.1 Å². The van der Waals surface area contributed by atoms with Crippen LogP contribution in [0, 0.1) is 17.1 Å². The first-order chi connectivity index (χ1) is 9.51. The lowest BCUT2D eigenvalue weighted by atomic mass is 10.1. The second-order valence-electron chi connectivity index (χ2n) is 3.92. The Morgan fingerprint density at radius 2 is 2.10 bits per heavy atom. The molecule has 20 heavy (non-hydrogen) atoms. The van der Waals surface area contributed by atoms with E-state index in [4.69, 9.17) is 20.8 Å². The van der Waals surface area contributed by atoms with Crippen LogP contribution in [0.4, 0.5) is 10.1 Å². The minimum atomic E-state index is -1.28. The van der Waals surface area contributed by atoms with Gasteiger partial charge in [-0.1, -0.05) is 6.07 Å². The maximum Gasteiger partial charge on any atom is 0.337 e. The normalized spacial score (nSPS) is 9.80. The number of aromatic carboxylic acids is 1. The fourth-order valence-corrected chi connectivity index (χ4v) is 1.59. The second-order valence-corrected chi connectivity index (χ2v) is 3.92. The summed E-state index contributed by atoms with van der Waals surface area (Å²) in [4.78, 5) is 10.9. The van der Waals surface area contributed by atoms with Gasteiger partial charge in [0.1, 0.15) is 5.75 Å². The van der Waals surface area contributed by atoms with Gasteiger partial charge in [-0.15, -0.1) is 0 Å². The highest BCUT2D eigenvalue weighted by atomic mass is 19.1. The van der Waals surface area contributed by atoms with E-state index in [2.05, 4.69) is 0 Å². The fourth-order valence-electron chi connectivity index (χ4n) is 1.59. The van der Waals surface area contributed by atoms with Crippen LogP contribution in [0.15, 0.2) is 36.4 Å². The van der Waals surface area contributed by atoms with Gasteiger partial charge in [-0.05, 0) is 18.2 Å². The number of anilines is 1. The van der Waals surface area contributed by atoms with Gasteiger partial charge in [0.05, 0.1) is 17.2 Å². The van der Waals surface area contributed by atoms with Gasteiger partial charge < -0.3 is 15.6 Å². The number of carboxylic acids is 1. The van der Waals surface area contributed by atoms with Crippen molar-refractivity contribution in [3.63, 3.8) is 0 Å². The molecule has 0 aromatic heterocycles. The van der Waals surface area contributed by atoms with Crippen LogP contribution in [0.2, 0.25) is 0 Å². The van der Waals surface area contributed by atoms with Crippen LogP contribution in [-0.4, -0.2) is 11.1 Å². The summed E-state index contributed by atoms with van der Waals surface area (Å²) in [5.74, 6) is -2.11. The lowest BCUT2D eigenvalue weighted by Gasteiger charge is -2.09. The highest BCUT2D eigenvalue weighted by Gasteiger charge is 2.14. The highest BCUT2D eigenvalue weighted by Crippen LogP contribution is 2.29. The maximum absolute atomic E-state index is 13.7. The van der Waals surface area contributed by atoms with Gasteiger partial charge in [-0.3, -0.25) is 0 Å². The Morgan fingerprint density at radius 1 is 1.35 bits per heavy atom. The highest BCUT2D eigenvalue weighted by molar-refractivity contribution is 5.94. The standard InChI is InChI=1S/C14H9FN2O3/c15-11-6-12(17)10(14(18)19)5-13(11)20-9-3-1-2-8(4-9)7-16/h1-6H,17H2,(H,18,19). The van der Waals surface area contributed by atoms with E-state index in [1.807, 2.05) is 6.07 Å². The number of hydrogen-bond acceptors (Lipinski definition) is 4. The number of halogens is 1. The number of carbonyl (C=O) groups is 1. The second kappa shape index (κ2) is 5.28. The lowest BCUT2D eigenvalue weighted by molar-refractivity contribution is 0.0697. The molecule has 0 aliphatic heterocycles. The van der Waals surface area contributed by atoms with Crippen molar-refractivity contribution in [2.24, 2.45) is 0 Å². The van der Waals surface area contributed by atoms with E-state index < -0.39 is 11.8 Å². The molecule has 0 atom stereocenters. The molecule has 0 aliphatic rings. The zero-order chi connectivity index (χ0) is 14.7. The smallest absolute Gasteiger partial charge is 0.337 e. The van der Waals surface area contributed by atoms with Gasteiger partial charge in [0, 0.05) is 17.8 Å². The molecule has 2 aromatic rings. The molecule has 0 amide bonds. The Labute approximate surface area is 113 Å². The Morgan fingerprint density at radius 3 is 2.75 bits per heavy atom. The zero-order valence-corrected chi connectivity index (χ0v) is 10.1.